The molecule has 0 heterocycles. The summed E-state index contributed by atoms with van der Waals surface area (Å²) < 4.78 is 15.4. The molecule has 0 N–H and O–H groups in total. The van der Waals surface area contributed by atoms with Crippen molar-refractivity contribution in [3.05, 3.63) is 0 Å². The fourth-order valence-corrected chi connectivity index (χ4v) is 3.06. The minimum Gasteiger partial charge on any atom is -0.303 e. The Hall–Kier alpha value is -0.510. The van der Waals surface area contributed by atoms with Gasteiger partial charge in [-0.1, -0.05) is 13.8 Å². The molecule has 0 bridgehead atoms. The average molecular weight is 299 g/mol. The highest BCUT2D eigenvalue weighted by Crippen LogP contribution is 2.31. The molecule has 2 aliphatic carbocycles. The van der Waals surface area contributed by atoms with Crippen LogP contribution in [0, 0.1) is 23.7 Å². The van der Waals surface area contributed by atoms with E-state index in [0.717, 1.165) is 31.0 Å². The van der Waals surface area contributed by atoms with Crippen LogP contribution in [0.25, 0.3) is 0 Å². The minimum absolute atomic E-state index is 0.216. The van der Waals surface area contributed by atoms with Gasteiger partial charge >= 0.3 is 0 Å². The van der Waals surface area contributed by atoms with E-state index in [2.05, 4.69) is 18.2 Å². The zero-order valence-electron chi connectivity index (χ0n) is 13.5. The van der Waals surface area contributed by atoms with Gasteiger partial charge in [0.15, 0.2) is 0 Å². The molecule has 0 saturated heterocycles. The lowest BCUT2D eigenvalue weighted by molar-refractivity contribution is -0.114. The third-order valence-corrected chi connectivity index (χ3v) is 5.27. The van der Waals surface area contributed by atoms with Crippen molar-refractivity contribution >= 4 is 23.5 Å². The van der Waals surface area contributed by atoms with Gasteiger partial charge in [0.2, 0.25) is 0 Å². The molecule has 116 valence electrons. The van der Waals surface area contributed by atoms with E-state index in [9.17, 15) is 9.00 Å². The van der Waals surface area contributed by atoms with Crippen LogP contribution in [0.5, 0.6) is 0 Å². The Bertz CT molecular complexity index is 361. The molecule has 2 saturated carbocycles. The molecule has 0 aliphatic heterocycles. The van der Waals surface area contributed by atoms with Gasteiger partial charge < -0.3 is 4.79 Å². The normalized spacial score (nSPS) is 34.5. The van der Waals surface area contributed by atoms with Crippen LogP contribution in [-0.2, 0) is 15.8 Å². The molecular weight excluding hydrogens is 270 g/mol. The highest BCUT2D eigenvalue weighted by molar-refractivity contribution is 7.85. The number of hydrogen-bond donors (Lipinski definition) is 0. The molecule has 4 heteroatoms. The monoisotopic (exact) mass is 299 g/mol. The Morgan fingerprint density at radius 1 is 1.00 bits per heavy atom. The van der Waals surface area contributed by atoms with Crippen LogP contribution in [0.15, 0.2) is 4.40 Å². The first-order valence-corrected chi connectivity index (χ1v) is 8.74. The van der Waals surface area contributed by atoms with E-state index in [-0.39, 0.29) is 4.75 Å². The van der Waals surface area contributed by atoms with Gasteiger partial charge in [-0.2, -0.15) is 4.40 Å². The number of aldehydes is 1. The van der Waals surface area contributed by atoms with E-state index in [1.165, 1.54) is 12.8 Å². The predicted molar refractivity (Wildman–Crippen MR) is 86.2 cm³/mol. The van der Waals surface area contributed by atoms with E-state index < -0.39 is 11.0 Å². The summed E-state index contributed by atoms with van der Waals surface area (Å²) in [5.74, 6) is 2.64. The highest BCUT2D eigenvalue weighted by atomic mass is 32.2. The lowest BCUT2D eigenvalue weighted by atomic mass is 9.77. The van der Waals surface area contributed by atoms with Crippen LogP contribution < -0.4 is 0 Å². The van der Waals surface area contributed by atoms with Crippen molar-refractivity contribution in [2.45, 2.75) is 65.0 Å². The van der Waals surface area contributed by atoms with E-state index in [1.54, 1.807) is 0 Å². The van der Waals surface area contributed by atoms with E-state index >= 15 is 0 Å². The minimum atomic E-state index is -1.07. The average Bonchev–Trinajstić information content (AvgIpc) is 2.28. The second-order valence-electron chi connectivity index (χ2n) is 7.43. The Labute approximate surface area is 126 Å². The van der Waals surface area contributed by atoms with Crippen LogP contribution in [0.1, 0.15) is 60.3 Å². The van der Waals surface area contributed by atoms with Crippen LogP contribution in [0.3, 0.4) is 0 Å². The van der Waals surface area contributed by atoms with Gasteiger partial charge in [0.1, 0.15) is 17.3 Å². The SMILES string of the molecule is CC1CC(C=N[S@](=O)C(C)(C)C)C1.CC1CC(C=O)C1. The van der Waals surface area contributed by atoms with Gasteiger partial charge in [-0.15, -0.1) is 0 Å². The van der Waals surface area contributed by atoms with Crippen LogP contribution in [0.2, 0.25) is 0 Å². The van der Waals surface area contributed by atoms with Crippen LogP contribution in [0.4, 0.5) is 0 Å². The molecule has 0 aromatic heterocycles. The fourth-order valence-electron chi connectivity index (χ4n) is 2.46. The number of hydrogen-bond acceptors (Lipinski definition) is 2. The summed E-state index contributed by atoms with van der Waals surface area (Å²) in [5, 5.41) is 0. The fraction of sp³-hybridized carbons (Fsp3) is 0.875. The topological polar surface area (TPSA) is 46.5 Å². The Balaban J connectivity index is 0.000000240. The summed E-state index contributed by atoms with van der Waals surface area (Å²) in [4.78, 5) is 9.93. The van der Waals surface area contributed by atoms with Crippen LogP contribution >= 0.6 is 0 Å². The van der Waals surface area contributed by atoms with Gasteiger partial charge in [0.25, 0.3) is 0 Å². The van der Waals surface area contributed by atoms with Gasteiger partial charge in [0, 0.05) is 12.1 Å². The molecule has 0 unspecified atom stereocenters. The molecule has 2 fully saturated rings. The lowest BCUT2D eigenvalue weighted by Crippen LogP contribution is -2.24. The summed E-state index contributed by atoms with van der Waals surface area (Å²) >= 11 is 0. The smallest absolute Gasteiger partial charge is 0.144 e. The van der Waals surface area contributed by atoms with Crippen molar-refractivity contribution in [1.82, 2.24) is 0 Å². The summed E-state index contributed by atoms with van der Waals surface area (Å²) in [6.07, 6.45) is 7.64. The summed E-state index contributed by atoms with van der Waals surface area (Å²) in [5.41, 5.74) is 0. The maximum Gasteiger partial charge on any atom is 0.144 e. The van der Waals surface area contributed by atoms with Crippen molar-refractivity contribution in [2.75, 3.05) is 0 Å². The lowest BCUT2D eigenvalue weighted by Gasteiger charge is -2.29. The maximum absolute atomic E-state index is 11.5. The number of rotatable bonds is 3. The van der Waals surface area contributed by atoms with Gasteiger partial charge in [-0.25, -0.2) is 4.21 Å². The number of nitrogens with zero attached hydrogens (tertiary/aromatic N) is 1. The van der Waals surface area contributed by atoms with Crippen molar-refractivity contribution in [1.29, 1.82) is 0 Å². The molecule has 0 radical (unpaired) electrons. The third-order valence-electron chi connectivity index (χ3n) is 3.90. The summed E-state index contributed by atoms with van der Waals surface area (Å²) in [6, 6.07) is 0. The Morgan fingerprint density at radius 3 is 1.75 bits per heavy atom. The quantitative estimate of drug-likeness (QED) is 0.588. The Kier molecular flexibility index (Phi) is 6.56. The number of carbonyl (C=O) groups excluding carboxylic acids is 1. The van der Waals surface area contributed by atoms with E-state index in [1.807, 2.05) is 27.0 Å². The molecular formula is C16H29NO2S. The zero-order chi connectivity index (χ0) is 15.3. The third kappa shape index (κ3) is 5.86. The second-order valence-corrected chi connectivity index (χ2v) is 9.36. The molecule has 1 atom stereocenters. The number of carbonyl (C=O) groups is 1. The van der Waals surface area contributed by atoms with Gasteiger partial charge in [-0.05, 0) is 64.2 Å². The van der Waals surface area contributed by atoms with Gasteiger partial charge in [0.05, 0.1) is 4.75 Å². The molecule has 0 spiro atoms. The zero-order valence-corrected chi connectivity index (χ0v) is 14.3. The van der Waals surface area contributed by atoms with E-state index in [4.69, 9.17) is 0 Å². The van der Waals surface area contributed by atoms with Crippen LogP contribution in [-0.4, -0.2) is 21.5 Å². The first kappa shape index (κ1) is 17.5. The second kappa shape index (κ2) is 7.48. The largest absolute Gasteiger partial charge is 0.303 e. The van der Waals surface area contributed by atoms with E-state index in [0.29, 0.717) is 11.8 Å². The molecule has 0 amide bonds. The van der Waals surface area contributed by atoms with Crippen molar-refractivity contribution < 1.29 is 9.00 Å². The van der Waals surface area contributed by atoms with Gasteiger partial charge in [-0.3, -0.25) is 0 Å². The standard InChI is InChI=1S/C10H19NOS.C6H10O/c1-8-5-9(6-8)7-11-13(12)10(2,3)4;1-5-2-6(3-5)4-7/h7-9H,5-6H2,1-4H3;4-6H,2-3H2,1H3/t8?,9?,13-;/m1./s1. The predicted octanol–water partition coefficient (Wildman–Crippen LogP) is 3.80. The molecule has 0 aromatic rings. The Morgan fingerprint density at radius 2 is 1.45 bits per heavy atom. The molecule has 20 heavy (non-hydrogen) atoms. The highest BCUT2D eigenvalue weighted by Gasteiger charge is 2.25. The van der Waals surface area contributed by atoms with Crippen molar-refractivity contribution in [2.24, 2.45) is 28.1 Å². The maximum atomic E-state index is 11.5. The first-order valence-electron chi connectivity index (χ1n) is 7.63. The molecule has 0 aromatic carbocycles. The summed E-state index contributed by atoms with van der Waals surface area (Å²) in [6.45, 7) is 10.3. The van der Waals surface area contributed by atoms with Crippen molar-refractivity contribution in [3.8, 4) is 0 Å². The molecule has 2 aliphatic rings. The van der Waals surface area contributed by atoms with Crippen molar-refractivity contribution in [3.63, 3.8) is 0 Å². The first-order chi connectivity index (χ1) is 9.22. The molecule has 2 rings (SSSR count). The molecule has 3 nitrogen and oxygen atoms in total. The summed E-state index contributed by atoms with van der Waals surface area (Å²) in [7, 11) is -1.07.